The Morgan fingerprint density at radius 1 is 1.38 bits per heavy atom. The van der Waals surface area contributed by atoms with Gasteiger partial charge in [-0.05, 0) is 6.07 Å². The maximum absolute atomic E-state index is 11.1. The predicted molar refractivity (Wildman–Crippen MR) is 62.2 cm³/mol. The van der Waals surface area contributed by atoms with E-state index in [2.05, 4.69) is 15.7 Å². The van der Waals surface area contributed by atoms with Crippen LogP contribution in [0.3, 0.4) is 0 Å². The molecule has 2 amide bonds. The van der Waals surface area contributed by atoms with Gasteiger partial charge in [-0.3, -0.25) is 4.68 Å². The molecule has 0 aliphatic heterocycles. The van der Waals surface area contributed by atoms with Crippen LogP contribution in [0, 0.1) is 0 Å². The fourth-order valence-corrected chi connectivity index (χ4v) is 1.17. The van der Waals surface area contributed by atoms with Crippen LogP contribution in [0.15, 0.2) is 18.5 Å². The van der Waals surface area contributed by atoms with Crippen molar-refractivity contribution in [1.82, 2.24) is 25.3 Å². The molecule has 0 unspecified atom stereocenters. The van der Waals surface area contributed by atoms with Gasteiger partial charge in [-0.1, -0.05) is 0 Å². The molecule has 0 aromatic carbocycles. The SMILES string of the molecule is CN(C)C(=O)NCCNCCn1cccn1. The van der Waals surface area contributed by atoms with E-state index in [0.717, 1.165) is 19.6 Å². The maximum Gasteiger partial charge on any atom is 0.316 e. The first kappa shape index (κ1) is 12.5. The third kappa shape index (κ3) is 4.79. The van der Waals surface area contributed by atoms with Crippen LogP contribution in [0.25, 0.3) is 0 Å². The average Bonchev–Trinajstić information content (AvgIpc) is 2.75. The zero-order valence-electron chi connectivity index (χ0n) is 9.81. The van der Waals surface area contributed by atoms with Crippen LogP contribution >= 0.6 is 0 Å². The Morgan fingerprint density at radius 2 is 2.19 bits per heavy atom. The van der Waals surface area contributed by atoms with Crippen molar-refractivity contribution in [1.29, 1.82) is 0 Å². The van der Waals surface area contributed by atoms with E-state index in [1.807, 2.05) is 16.9 Å². The Labute approximate surface area is 95.6 Å². The van der Waals surface area contributed by atoms with E-state index in [0.29, 0.717) is 6.54 Å². The molecule has 0 bridgehead atoms. The van der Waals surface area contributed by atoms with Crippen molar-refractivity contribution >= 4 is 6.03 Å². The fourth-order valence-electron chi connectivity index (χ4n) is 1.17. The second-order valence-corrected chi connectivity index (χ2v) is 3.65. The predicted octanol–water partition coefficient (Wildman–Crippen LogP) is -0.256. The third-order valence-corrected chi connectivity index (χ3v) is 2.06. The van der Waals surface area contributed by atoms with Crippen LogP contribution in [0.2, 0.25) is 0 Å². The molecular weight excluding hydrogens is 206 g/mol. The number of carbonyl (C=O) groups is 1. The molecule has 0 saturated heterocycles. The summed E-state index contributed by atoms with van der Waals surface area (Å²) in [6.45, 7) is 3.09. The highest BCUT2D eigenvalue weighted by molar-refractivity contribution is 5.73. The smallest absolute Gasteiger partial charge is 0.316 e. The Balaban J connectivity index is 1.94. The summed E-state index contributed by atoms with van der Waals surface area (Å²) in [4.78, 5) is 12.7. The van der Waals surface area contributed by atoms with Gasteiger partial charge in [0.2, 0.25) is 0 Å². The molecule has 0 aliphatic carbocycles. The van der Waals surface area contributed by atoms with Crippen LogP contribution < -0.4 is 10.6 Å². The van der Waals surface area contributed by atoms with Gasteiger partial charge in [0.1, 0.15) is 0 Å². The van der Waals surface area contributed by atoms with Crippen LogP contribution in [0.1, 0.15) is 0 Å². The molecule has 1 aromatic rings. The summed E-state index contributed by atoms with van der Waals surface area (Å²) in [6, 6.07) is 1.84. The molecular formula is C10H19N5O. The van der Waals surface area contributed by atoms with Crippen LogP contribution in [0.5, 0.6) is 0 Å². The van der Waals surface area contributed by atoms with Gasteiger partial charge in [0, 0.05) is 46.1 Å². The summed E-state index contributed by atoms with van der Waals surface area (Å²) in [7, 11) is 3.45. The molecule has 1 aromatic heterocycles. The fraction of sp³-hybridized carbons (Fsp3) is 0.600. The summed E-state index contributed by atoms with van der Waals surface area (Å²) >= 11 is 0. The molecule has 90 valence electrons. The first-order chi connectivity index (χ1) is 7.70. The third-order valence-electron chi connectivity index (χ3n) is 2.06. The minimum atomic E-state index is -0.0612. The highest BCUT2D eigenvalue weighted by Gasteiger charge is 1.99. The van der Waals surface area contributed by atoms with Crippen molar-refractivity contribution in [2.75, 3.05) is 33.7 Å². The summed E-state index contributed by atoms with van der Waals surface area (Å²) in [5.74, 6) is 0. The number of hydrogen-bond acceptors (Lipinski definition) is 3. The topological polar surface area (TPSA) is 62.2 Å². The lowest BCUT2D eigenvalue weighted by Gasteiger charge is -2.12. The van der Waals surface area contributed by atoms with Crippen molar-refractivity contribution in [3.8, 4) is 0 Å². The lowest BCUT2D eigenvalue weighted by atomic mass is 10.5. The van der Waals surface area contributed by atoms with E-state index in [1.165, 1.54) is 4.90 Å². The molecule has 0 saturated carbocycles. The zero-order chi connectivity index (χ0) is 11.8. The van der Waals surface area contributed by atoms with E-state index in [-0.39, 0.29) is 6.03 Å². The van der Waals surface area contributed by atoms with Gasteiger partial charge in [0.15, 0.2) is 0 Å². The summed E-state index contributed by atoms with van der Waals surface area (Å²) in [6.07, 6.45) is 3.69. The first-order valence-corrected chi connectivity index (χ1v) is 5.33. The van der Waals surface area contributed by atoms with Crippen molar-refractivity contribution in [3.05, 3.63) is 18.5 Å². The van der Waals surface area contributed by atoms with Gasteiger partial charge in [-0.15, -0.1) is 0 Å². The Bertz CT molecular complexity index is 296. The zero-order valence-corrected chi connectivity index (χ0v) is 9.81. The van der Waals surface area contributed by atoms with Gasteiger partial charge < -0.3 is 15.5 Å². The van der Waals surface area contributed by atoms with E-state index in [4.69, 9.17) is 0 Å². The highest BCUT2D eigenvalue weighted by atomic mass is 16.2. The number of hydrogen-bond donors (Lipinski definition) is 2. The number of aromatic nitrogens is 2. The average molecular weight is 225 g/mol. The number of nitrogens with one attached hydrogen (secondary N) is 2. The van der Waals surface area contributed by atoms with Gasteiger partial charge >= 0.3 is 6.03 Å². The summed E-state index contributed by atoms with van der Waals surface area (Å²) < 4.78 is 1.87. The highest BCUT2D eigenvalue weighted by Crippen LogP contribution is 1.82. The number of nitrogens with zero attached hydrogens (tertiary/aromatic N) is 3. The molecule has 1 rings (SSSR count). The Kier molecular flexibility index (Phi) is 5.35. The van der Waals surface area contributed by atoms with Gasteiger partial charge in [0.05, 0.1) is 6.54 Å². The van der Waals surface area contributed by atoms with Crippen molar-refractivity contribution in [3.63, 3.8) is 0 Å². The van der Waals surface area contributed by atoms with Gasteiger partial charge in [0.25, 0.3) is 0 Å². The van der Waals surface area contributed by atoms with Crippen molar-refractivity contribution in [2.24, 2.45) is 0 Å². The standard InChI is InChI=1S/C10H19N5O/c1-14(2)10(16)12-6-5-11-7-9-15-8-3-4-13-15/h3-4,8,11H,5-7,9H2,1-2H3,(H,12,16). The molecule has 6 heteroatoms. The second-order valence-electron chi connectivity index (χ2n) is 3.65. The van der Waals surface area contributed by atoms with E-state index in [1.54, 1.807) is 20.3 Å². The second kappa shape index (κ2) is 6.84. The Hall–Kier alpha value is -1.56. The van der Waals surface area contributed by atoms with Crippen molar-refractivity contribution in [2.45, 2.75) is 6.54 Å². The molecule has 0 spiro atoms. The quantitative estimate of drug-likeness (QED) is 0.656. The van der Waals surface area contributed by atoms with Crippen LogP contribution in [-0.2, 0) is 6.54 Å². The Morgan fingerprint density at radius 3 is 2.81 bits per heavy atom. The number of amides is 2. The number of carbonyl (C=O) groups excluding carboxylic acids is 1. The molecule has 0 radical (unpaired) electrons. The molecule has 6 nitrogen and oxygen atoms in total. The maximum atomic E-state index is 11.1. The minimum absolute atomic E-state index is 0.0612. The van der Waals surface area contributed by atoms with Gasteiger partial charge in [-0.2, -0.15) is 5.10 Å². The van der Waals surface area contributed by atoms with E-state index in [9.17, 15) is 4.79 Å². The monoisotopic (exact) mass is 225 g/mol. The lowest BCUT2D eigenvalue weighted by Crippen LogP contribution is -2.38. The first-order valence-electron chi connectivity index (χ1n) is 5.33. The molecule has 2 N–H and O–H groups in total. The lowest BCUT2D eigenvalue weighted by molar-refractivity contribution is 0.217. The molecule has 0 aliphatic rings. The molecule has 0 atom stereocenters. The van der Waals surface area contributed by atoms with Gasteiger partial charge in [-0.25, -0.2) is 4.79 Å². The minimum Gasteiger partial charge on any atom is -0.337 e. The largest absolute Gasteiger partial charge is 0.337 e. The summed E-state index contributed by atoms with van der Waals surface area (Å²) in [5.41, 5.74) is 0. The molecule has 1 heterocycles. The summed E-state index contributed by atoms with van der Waals surface area (Å²) in [5, 5.41) is 10.1. The number of rotatable bonds is 6. The van der Waals surface area contributed by atoms with E-state index >= 15 is 0 Å². The molecule has 0 fully saturated rings. The number of urea groups is 1. The normalized spacial score (nSPS) is 10.1. The van der Waals surface area contributed by atoms with E-state index < -0.39 is 0 Å². The molecule has 16 heavy (non-hydrogen) atoms. The van der Waals surface area contributed by atoms with Crippen LogP contribution in [-0.4, -0.2) is 54.4 Å². The van der Waals surface area contributed by atoms with Crippen LogP contribution in [0.4, 0.5) is 4.79 Å². The van der Waals surface area contributed by atoms with Crippen molar-refractivity contribution < 1.29 is 4.79 Å².